The highest BCUT2D eigenvalue weighted by Crippen LogP contribution is 2.12. The molecule has 1 atom stereocenters. The number of ether oxygens (including phenoxy) is 1. The normalized spacial score (nSPS) is 12.5. The van der Waals surface area contributed by atoms with Gasteiger partial charge in [0.05, 0.1) is 0 Å². The molecule has 0 aromatic carbocycles. The Morgan fingerprint density at radius 2 is 1.92 bits per heavy atom. The fourth-order valence-electron chi connectivity index (χ4n) is 1.15. The van der Waals surface area contributed by atoms with Gasteiger partial charge in [0.25, 0.3) is 0 Å². The summed E-state index contributed by atoms with van der Waals surface area (Å²) < 4.78 is 4.78. The minimum absolute atomic E-state index is 0.298. The van der Waals surface area contributed by atoms with E-state index in [1.165, 1.54) is 32.6 Å². The molecule has 0 amide bonds. The van der Waals surface area contributed by atoms with Crippen molar-refractivity contribution in [3.63, 3.8) is 0 Å². The Kier molecular flexibility index (Phi) is 8.21. The maximum Gasteiger partial charge on any atom is 0.304 e. The van der Waals surface area contributed by atoms with E-state index in [0.717, 1.165) is 12.8 Å². The van der Waals surface area contributed by atoms with Crippen molar-refractivity contribution in [1.82, 2.24) is 0 Å². The average Bonchev–Trinajstić information content (AvgIpc) is 2.02. The van der Waals surface area contributed by atoms with Crippen molar-refractivity contribution in [2.24, 2.45) is 0 Å². The monoisotopic (exact) mass is 206 g/mol. The summed E-state index contributed by atoms with van der Waals surface area (Å²) in [6.07, 6.45) is 6.76. The molecule has 78 valence electrons. The quantitative estimate of drug-likeness (QED) is 0.362. The maximum atomic E-state index is 10.5. The molecule has 0 saturated heterocycles. The summed E-state index contributed by atoms with van der Waals surface area (Å²) in [6, 6.07) is 0. The Bertz CT molecular complexity index is 137. The predicted octanol–water partition coefficient (Wildman–Crippen LogP) is 3.47. The SMILES string of the molecule is CCCCCCCC(Cl)OC(C)=O. The van der Waals surface area contributed by atoms with E-state index in [1.54, 1.807) is 0 Å². The van der Waals surface area contributed by atoms with Crippen LogP contribution in [0.1, 0.15) is 52.4 Å². The van der Waals surface area contributed by atoms with E-state index in [1.807, 2.05) is 0 Å². The third-order valence-electron chi connectivity index (χ3n) is 1.83. The first-order valence-electron chi connectivity index (χ1n) is 4.98. The van der Waals surface area contributed by atoms with E-state index in [-0.39, 0.29) is 5.97 Å². The molecule has 0 rings (SSSR count). The molecule has 3 heteroatoms. The Morgan fingerprint density at radius 1 is 1.31 bits per heavy atom. The van der Waals surface area contributed by atoms with Crippen molar-refractivity contribution < 1.29 is 9.53 Å². The molecule has 0 N–H and O–H groups in total. The molecule has 0 aliphatic carbocycles. The van der Waals surface area contributed by atoms with Gasteiger partial charge >= 0.3 is 5.97 Å². The van der Waals surface area contributed by atoms with Gasteiger partial charge < -0.3 is 4.74 Å². The molecule has 0 aliphatic heterocycles. The van der Waals surface area contributed by atoms with Gasteiger partial charge in [0.2, 0.25) is 0 Å². The maximum absolute atomic E-state index is 10.5. The largest absolute Gasteiger partial charge is 0.446 e. The van der Waals surface area contributed by atoms with Gasteiger partial charge in [-0.05, 0) is 12.8 Å². The lowest BCUT2D eigenvalue weighted by molar-refractivity contribution is -0.142. The first-order valence-corrected chi connectivity index (χ1v) is 5.41. The van der Waals surface area contributed by atoms with Gasteiger partial charge in [0, 0.05) is 6.92 Å². The highest BCUT2D eigenvalue weighted by Gasteiger charge is 2.06. The number of carbonyl (C=O) groups excluding carboxylic acids is 1. The van der Waals surface area contributed by atoms with E-state index in [9.17, 15) is 4.79 Å². The van der Waals surface area contributed by atoms with Gasteiger partial charge in [-0.2, -0.15) is 0 Å². The zero-order valence-electron chi connectivity index (χ0n) is 8.51. The zero-order chi connectivity index (χ0) is 10.1. The smallest absolute Gasteiger partial charge is 0.304 e. The lowest BCUT2D eigenvalue weighted by Gasteiger charge is -2.08. The molecular weight excluding hydrogens is 188 g/mol. The molecule has 1 unspecified atom stereocenters. The zero-order valence-corrected chi connectivity index (χ0v) is 9.27. The van der Waals surface area contributed by atoms with Gasteiger partial charge in [-0.15, -0.1) is 0 Å². The van der Waals surface area contributed by atoms with Crippen molar-refractivity contribution in [1.29, 1.82) is 0 Å². The summed E-state index contributed by atoms with van der Waals surface area (Å²) in [6.45, 7) is 3.57. The second-order valence-electron chi connectivity index (χ2n) is 3.22. The number of carbonyl (C=O) groups is 1. The van der Waals surface area contributed by atoms with E-state index in [4.69, 9.17) is 16.3 Å². The third-order valence-corrected chi connectivity index (χ3v) is 2.14. The van der Waals surface area contributed by atoms with E-state index < -0.39 is 5.56 Å². The van der Waals surface area contributed by atoms with Crippen molar-refractivity contribution in [3.8, 4) is 0 Å². The van der Waals surface area contributed by atoms with E-state index in [0.29, 0.717) is 0 Å². The Morgan fingerprint density at radius 3 is 2.46 bits per heavy atom. The van der Waals surface area contributed by atoms with Crippen LogP contribution in [0, 0.1) is 0 Å². The van der Waals surface area contributed by atoms with Gasteiger partial charge in [-0.3, -0.25) is 4.79 Å². The van der Waals surface area contributed by atoms with Crippen molar-refractivity contribution in [3.05, 3.63) is 0 Å². The summed E-state index contributed by atoms with van der Waals surface area (Å²) >= 11 is 5.75. The van der Waals surface area contributed by atoms with Crippen LogP contribution in [0.2, 0.25) is 0 Å². The Hall–Kier alpha value is -0.240. The second kappa shape index (κ2) is 8.36. The fourth-order valence-corrected chi connectivity index (χ4v) is 1.43. The number of unbranched alkanes of at least 4 members (excludes halogenated alkanes) is 4. The minimum atomic E-state index is -0.431. The topological polar surface area (TPSA) is 26.3 Å². The Balaban J connectivity index is 3.17. The molecule has 0 aliphatic rings. The van der Waals surface area contributed by atoms with Crippen LogP contribution in [-0.2, 0) is 9.53 Å². The highest BCUT2D eigenvalue weighted by molar-refractivity contribution is 6.20. The molecule has 0 heterocycles. The molecule has 0 aromatic heterocycles. The van der Waals surface area contributed by atoms with E-state index in [2.05, 4.69) is 6.92 Å². The van der Waals surface area contributed by atoms with E-state index >= 15 is 0 Å². The summed E-state index contributed by atoms with van der Waals surface area (Å²) in [7, 11) is 0. The lowest BCUT2D eigenvalue weighted by atomic mass is 10.1. The van der Waals surface area contributed by atoms with Gasteiger partial charge in [-0.25, -0.2) is 0 Å². The van der Waals surface area contributed by atoms with Crippen LogP contribution in [0.3, 0.4) is 0 Å². The molecule has 0 spiro atoms. The molecule has 2 nitrogen and oxygen atoms in total. The highest BCUT2D eigenvalue weighted by atomic mass is 35.5. The second-order valence-corrected chi connectivity index (χ2v) is 3.71. The molecule has 0 radical (unpaired) electrons. The van der Waals surface area contributed by atoms with Crippen LogP contribution >= 0.6 is 11.6 Å². The molecule has 0 aromatic rings. The summed E-state index contributed by atoms with van der Waals surface area (Å²) in [5, 5.41) is 0. The average molecular weight is 207 g/mol. The van der Waals surface area contributed by atoms with Crippen LogP contribution in [-0.4, -0.2) is 11.5 Å². The number of halogens is 1. The van der Waals surface area contributed by atoms with Gasteiger partial charge in [-0.1, -0.05) is 44.2 Å². The molecular formula is C10H19ClO2. The van der Waals surface area contributed by atoms with Crippen LogP contribution in [0.25, 0.3) is 0 Å². The van der Waals surface area contributed by atoms with Gasteiger partial charge in [0.15, 0.2) is 5.56 Å². The van der Waals surface area contributed by atoms with Crippen molar-refractivity contribution in [2.75, 3.05) is 0 Å². The van der Waals surface area contributed by atoms with Crippen molar-refractivity contribution in [2.45, 2.75) is 57.9 Å². The first kappa shape index (κ1) is 12.8. The van der Waals surface area contributed by atoms with Crippen LogP contribution in [0.15, 0.2) is 0 Å². The minimum Gasteiger partial charge on any atom is -0.446 e. The van der Waals surface area contributed by atoms with Crippen LogP contribution in [0.5, 0.6) is 0 Å². The lowest BCUT2D eigenvalue weighted by Crippen LogP contribution is -2.09. The first-order chi connectivity index (χ1) is 6.16. The number of alkyl halides is 1. The fraction of sp³-hybridized carbons (Fsp3) is 0.900. The van der Waals surface area contributed by atoms with Crippen LogP contribution < -0.4 is 0 Å². The standard InChI is InChI=1S/C10H19ClO2/c1-3-4-5-6-7-8-10(11)13-9(2)12/h10H,3-8H2,1-2H3. The summed E-state index contributed by atoms with van der Waals surface area (Å²) in [4.78, 5) is 10.5. The third kappa shape index (κ3) is 9.68. The summed E-state index contributed by atoms with van der Waals surface area (Å²) in [5.74, 6) is -0.298. The number of rotatable bonds is 7. The van der Waals surface area contributed by atoms with Gasteiger partial charge in [0.1, 0.15) is 0 Å². The van der Waals surface area contributed by atoms with Crippen LogP contribution in [0.4, 0.5) is 0 Å². The summed E-state index contributed by atoms with van der Waals surface area (Å²) in [5.41, 5.74) is -0.431. The predicted molar refractivity (Wildman–Crippen MR) is 54.8 cm³/mol. The molecule has 0 saturated carbocycles. The number of hydrogen-bond acceptors (Lipinski definition) is 2. The molecule has 0 fully saturated rings. The van der Waals surface area contributed by atoms with Crippen molar-refractivity contribution >= 4 is 17.6 Å². The molecule has 13 heavy (non-hydrogen) atoms. The molecule has 0 bridgehead atoms. The Labute approximate surface area is 85.6 Å². The number of esters is 1. The number of hydrogen-bond donors (Lipinski definition) is 0.